The van der Waals surface area contributed by atoms with Crippen molar-refractivity contribution >= 4 is 12.0 Å². The summed E-state index contributed by atoms with van der Waals surface area (Å²) in [5, 5.41) is 9.00. The Morgan fingerprint density at radius 1 is 1.14 bits per heavy atom. The fourth-order valence-electron chi connectivity index (χ4n) is 3.04. The van der Waals surface area contributed by atoms with E-state index in [2.05, 4.69) is 26.8 Å². The van der Waals surface area contributed by atoms with Crippen LogP contribution in [0, 0.1) is 11.3 Å². The minimum Gasteiger partial charge on any atom is -0.481 e. The molecule has 0 spiro atoms. The SMILES string of the molecule is CC(C)(C)C1=CCN(C(=O)N2CCC(C(=O)O)CC2)CC1. The van der Waals surface area contributed by atoms with Crippen LogP contribution in [0.15, 0.2) is 11.6 Å². The smallest absolute Gasteiger partial charge is 0.320 e. The van der Waals surface area contributed by atoms with Gasteiger partial charge >= 0.3 is 12.0 Å². The third-order valence-corrected chi connectivity index (χ3v) is 4.56. The highest BCUT2D eigenvalue weighted by Crippen LogP contribution is 2.30. The average Bonchev–Trinajstić information content (AvgIpc) is 2.46. The van der Waals surface area contributed by atoms with Gasteiger partial charge in [0.15, 0.2) is 0 Å². The van der Waals surface area contributed by atoms with Crippen molar-refractivity contribution in [3.8, 4) is 0 Å². The van der Waals surface area contributed by atoms with Crippen LogP contribution in [-0.2, 0) is 4.79 Å². The number of carbonyl (C=O) groups excluding carboxylic acids is 1. The summed E-state index contributed by atoms with van der Waals surface area (Å²) >= 11 is 0. The molecule has 1 N–H and O–H groups in total. The van der Waals surface area contributed by atoms with Gasteiger partial charge in [-0.25, -0.2) is 4.79 Å². The van der Waals surface area contributed by atoms with Gasteiger partial charge in [0, 0.05) is 26.2 Å². The summed E-state index contributed by atoms with van der Waals surface area (Å²) in [6, 6.07) is 0.0584. The number of nitrogens with zero attached hydrogens (tertiary/aromatic N) is 2. The number of urea groups is 1. The molecule has 1 fully saturated rings. The number of likely N-dealkylation sites (tertiary alicyclic amines) is 1. The fraction of sp³-hybridized carbons (Fsp3) is 0.750. The summed E-state index contributed by atoms with van der Waals surface area (Å²) in [5.41, 5.74) is 1.59. The van der Waals surface area contributed by atoms with Gasteiger partial charge in [0.05, 0.1) is 5.92 Å². The highest BCUT2D eigenvalue weighted by atomic mass is 16.4. The van der Waals surface area contributed by atoms with E-state index in [0.717, 1.165) is 13.0 Å². The molecule has 0 radical (unpaired) electrons. The minimum absolute atomic E-state index is 0.0584. The van der Waals surface area contributed by atoms with Crippen molar-refractivity contribution in [3.63, 3.8) is 0 Å². The normalized spacial score (nSPS) is 21.2. The highest BCUT2D eigenvalue weighted by Gasteiger charge is 2.30. The molecule has 0 aromatic rings. The molecular weight excluding hydrogens is 268 g/mol. The molecule has 0 aliphatic carbocycles. The lowest BCUT2D eigenvalue weighted by atomic mass is 9.83. The van der Waals surface area contributed by atoms with Crippen LogP contribution in [0.1, 0.15) is 40.0 Å². The van der Waals surface area contributed by atoms with Crippen LogP contribution < -0.4 is 0 Å². The van der Waals surface area contributed by atoms with Crippen molar-refractivity contribution in [1.82, 2.24) is 9.80 Å². The van der Waals surface area contributed by atoms with Crippen molar-refractivity contribution in [1.29, 1.82) is 0 Å². The van der Waals surface area contributed by atoms with Crippen molar-refractivity contribution in [3.05, 3.63) is 11.6 Å². The van der Waals surface area contributed by atoms with Crippen LogP contribution in [-0.4, -0.2) is 53.1 Å². The van der Waals surface area contributed by atoms with Gasteiger partial charge in [-0.3, -0.25) is 4.79 Å². The second-order valence-electron chi connectivity index (χ2n) is 7.06. The Balaban J connectivity index is 1.89. The number of carboxylic acids is 1. The van der Waals surface area contributed by atoms with Gasteiger partial charge in [0.2, 0.25) is 0 Å². The number of amides is 2. The molecule has 2 aliphatic rings. The van der Waals surface area contributed by atoms with Crippen LogP contribution in [0.4, 0.5) is 4.79 Å². The Labute approximate surface area is 126 Å². The Kier molecular flexibility index (Phi) is 4.59. The monoisotopic (exact) mass is 294 g/mol. The number of carboxylic acid groups (broad SMARTS) is 1. The maximum absolute atomic E-state index is 12.5. The van der Waals surface area contributed by atoms with Crippen LogP contribution in [0.5, 0.6) is 0 Å². The third kappa shape index (κ3) is 3.77. The lowest BCUT2D eigenvalue weighted by Gasteiger charge is -2.37. The minimum atomic E-state index is -0.738. The second kappa shape index (κ2) is 6.08. The standard InChI is InChI=1S/C16H26N2O3/c1-16(2,3)13-6-10-18(11-7-13)15(21)17-8-4-12(5-9-17)14(19)20/h6,12H,4-5,7-11H2,1-3H3,(H,19,20). The summed E-state index contributed by atoms with van der Waals surface area (Å²) in [6.07, 6.45) is 4.24. The van der Waals surface area contributed by atoms with E-state index in [1.807, 2.05) is 4.90 Å². The molecule has 0 atom stereocenters. The van der Waals surface area contributed by atoms with E-state index in [0.29, 0.717) is 32.5 Å². The molecule has 5 heteroatoms. The van der Waals surface area contributed by atoms with E-state index in [1.165, 1.54) is 5.57 Å². The topological polar surface area (TPSA) is 60.9 Å². The number of hydrogen-bond donors (Lipinski definition) is 1. The quantitative estimate of drug-likeness (QED) is 0.756. The molecule has 2 amide bonds. The molecule has 2 aliphatic heterocycles. The van der Waals surface area contributed by atoms with Gasteiger partial charge in [-0.15, -0.1) is 0 Å². The summed E-state index contributed by atoms with van der Waals surface area (Å²) in [4.78, 5) is 27.1. The first kappa shape index (κ1) is 15.9. The number of aliphatic carboxylic acids is 1. The molecule has 118 valence electrons. The van der Waals surface area contributed by atoms with E-state index < -0.39 is 5.97 Å². The molecule has 2 heterocycles. The maximum atomic E-state index is 12.5. The Morgan fingerprint density at radius 3 is 2.19 bits per heavy atom. The largest absolute Gasteiger partial charge is 0.481 e. The first-order valence-electron chi connectivity index (χ1n) is 7.75. The maximum Gasteiger partial charge on any atom is 0.320 e. The van der Waals surface area contributed by atoms with Crippen molar-refractivity contribution in [2.75, 3.05) is 26.2 Å². The van der Waals surface area contributed by atoms with Crippen LogP contribution in [0.2, 0.25) is 0 Å². The number of piperidine rings is 1. The van der Waals surface area contributed by atoms with Gasteiger partial charge in [-0.1, -0.05) is 32.4 Å². The summed E-state index contributed by atoms with van der Waals surface area (Å²) < 4.78 is 0. The van der Waals surface area contributed by atoms with Crippen LogP contribution >= 0.6 is 0 Å². The molecular formula is C16H26N2O3. The molecule has 1 saturated heterocycles. The van der Waals surface area contributed by atoms with E-state index in [1.54, 1.807) is 4.90 Å². The van der Waals surface area contributed by atoms with Gasteiger partial charge in [-0.05, 0) is 24.7 Å². The number of carbonyl (C=O) groups is 2. The van der Waals surface area contributed by atoms with Gasteiger partial charge in [0.1, 0.15) is 0 Å². The van der Waals surface area contributed by atoms with Crippen molar-refractivity contribution in [2.45, 2.75) is 40.0 Å². The second-order valence-corrected chi connectivity index (χ2v) is 7.06. The first-order valence-corrected chi connectivity index (χ1v) is 7.75. The predicted molar refractivity (Wildman–Crippen MR) is 81.1 cm³/mol. The van der Waals surface area contributed by atoms with E-state index in [4.69, 9.17) is 5.11 Å². The molecule has 5 nitrogen and oxygen atoms in total. The Bertz CT molecular complexity index is 443. The zero-order valence-electron chi connectivity index (χ0n) is 13.3. The van der Waals surface area contributed by atoms with Gasteiger partial charge in [-0.2, -0.15) is 0 Å². The number of hydrogen-bond acceptors (Lipinski definition) is 2. The lowest BCUT2D eigenvalue weighted by molar-refractivity contribution is -0.143. The zero-order valence-corrected chi connectivity index (χ0v) is 13.3. The van der Waals surface area contributed by atoms with Gasteiger partial charge in [0.25, 0.3) is 0 Å². The molecule has 0 unspecified atom stereocenters. The average molecular weight is 294 g/mol. The molecule has 0 bridgehead atoms. The van der Waals surface area contributed by atoms with E-state index >= 15 is 0 Å². The zero-order chi connectivity index (χ0) is 15.6. The fourth-order valence-corrected chi connectivity index (χ4v) is 3.04. The van der Waals surface area contributed by atoms with E-state index in [9.17, 15) is 9.59 Å². The van der Waals surface area contributed by atoms with Crippen LogP contribution in [0.3, 0.4) is 0 Å². The van der Waals surface area contributed by atoms with Crippen molar-refractivity contribution < 1.29 is 14.7 Å². The Morgan fingerprint density at radius 2 is 1.76 bits per heavy atom. The molecule has 0 aromatic heterocycles. The third-order valence-electron chi connectivity index (χ3n) is 4.56. The first-order chi connectivity index (χ1) is 9.79. The molecule has 0 saturated carbocycles. The lowest BCUT2D eigenvalue weighted by Crippen LogP contribution is -2.48. The highest BCUT2D eigenvalue weighted by molar-refractivity contribution is 5.76. The van der Waals surface area contributed by atoms with Gasteiger partial charge < -0.3 is 14.9 Å². The number of rotatable bonds is 1. The molecule has 0 aromatic carbocycles. The predicted octanol–water partition coefficient (Wildman–Crippen LogP) is 2.58. The summed E-state index contributed by atoms with van der Waals surface area (Å²) in [6.45, 7) is 9.16. The van der Waals surface area contributed by atoms with E-state index in [-0.39, 0.29) is 17.4 Å². The van der Waals surface area contributed by atoms with Crippen LogP contribution in [0.25, 0.3) is 0 Å². The molecule has 21 heavy (non-hydrogen) atoms. The summed E-state index contributed by atoms with van der Waals surface area (Å²) in [5.74, 6) is -1.03. The Hall–Kier alpha value is -1.52. The molecule has 2 rings (SSSR count). The summed E-state index contributed by atoms with van der Waals surface area (Å²) in [7, 11) is 0. The van der Waals surface area contributed by atoms with Crippen molar-refractivity contribution in [2.24, 2.45) is 11.3 Å².